The van der Waals surface area contributed by atoms with Crippen LogP contribution in [0.5, 0.6) is 0 Å². The largest absolute Gasteiger partial charge is 0.382 e. The molecule has 6 heteroatoms. The summed E-state index contributed by atoms with van der Waals surface area (Å²) in [5.74, 6) is 0.0438. The van der Waals surface area contributed by atoms with Crippen molar-refractivity contribution in [2.24, 2.45) is 0 Å². The highest BCUT2D eigenvalue weighted by atomic mass is 16.5. The van der Waals surface area contributed by atoms with E-state index in [4.69, 9.17) is 9.47 Å². The van der Waals surface area contributed by atoms with Gasteiger partial charge in [0.05, 0.1) is 25.9 Å². The van der Waals surface area contributed by atoms with Gasteiger partial charge in [0, 0.05) is 13.7 Å². The fraction of sp³-hybridized carbons (Fsp3) is 0.923. The van der Waals surface area contributed by atoms with Crippen molar-refractivity contribution in [1.82, 2.24) is 16.0 Å². The highest BCUT2D eigenvalue weighted by molar-refractivity contribution is 5.81. The maximum atomic E-state index is 11.9. The predicted molar refractivity (Wildman–Crippen MR) is 76.3 cm³/mol. The van der Waals surface area contributed by atoms with Crippen molar-refractivity contribution >= 4 is 5.91 Å². The van der Waals surface area contributed by atoms with E-state index in [0.717, 1.165) is 25.8 Å². The zero-order valence-electron chi connectivity index (χ0n) is 12.5. The average Bonchev–Trinajstić information content (AvgIpc) is 2.42. The average molecular weight is 275 g/mol. The summed E-state index contributed by atoms with van der Waals surface area (Å²) in [6.07, 6.45) is 2.97. The van der Waals surface area contributed by atoms with E-state index in [1.807, 2.05) is 14.1 Å². The third kappa shape index (κ3) is 10.9. The highest BCUT2D eigenvalue weighted by Gasteiger charge is 2.14. The molecule has 0 bridgehead atoms. The molecule has 0 aliphatic rings. The van der Waals surface area contributed by atoms with E-state index in [-0.39, 0.29) is 11.9 Å². The second-order valence-corrected chi connectivity index (χ2v) is 4.34. The Kier molecular flexibility index (Phi) is 13.2. The van der Waals surface area contributed by atoms with Gasteiger partial charge < -0.3 is 25.4 Å². The zero-order valence-corrected chi connectivity index (χ0v) is 12.5. The van der Waals surface area contributed by atoms with Crippen LogP contribution in [0.4, 0.5) is 0 Å². The topological polar surface area (TPSA) is 71.6 Å². The van der Waals surface area contributed by atoms with Gasteiger partial charge in [-0.05, 0) is 33.5 Å². The molecular formula is C13H29N3O3. The Bertz CT molecular complexity index is 215. The zero-order chi connectivity index (χ0) is 14.3. The molecule has 3 N–H and O–H groups in total. The first-order valence-electron chi connectivity index (χ1n) is 6.92. The normalized spacial score (nSPS) is 12.4. The number of likely N-dealkylation sites (N-methyl/N-ethyl adjacent to an activating group) is 1. The number of unbranched alkanes of at least 4 members (excludes halogenated alkanes) is 1. The number of carbonyl (C=O) groups excluding carboxylic acids is 1. The smallest absolute Gasteiger partial charge is 0.237 e. The van der Waals surface area contributed by atoms with E-state index >= 15 is 0 Å². The Morgan fingerprint density at radius 1 is 1.11 bits per heavy atom. The number of rotatable bonds is 13. The maximum absolute atomic E-state index is 11.9. The lowest BCUT2D eigenvalue weighted by molar-refractivity contribution is -0.123. The van der Waals surface area contributed by atoms with Crippen molar-refractivity contribution < 1.29 is 14.3 Å². The monoisotopic (exact) mass is 275 g/mol. The van der Waals surface area contributed by atoms with Crippen LogP contribution in [0, 0.1) is 0 Å². The Morgan fingerprint density at radius 3 is 2.53 bits per heavy atom. The van der Waals surface area contributed by atoms with Gasteiger partial charge in [-0.1, -0.05) is 6.42 Å². The fourth-order valence-corrected chi connectivity index (χ4v) is 1.67. The quantitative estimate of drug-likeness (QED) is 0.404. The van der Waals surface area contributed by atoms with Crippen LogP contribution < -0.4 is 16.0 Å². The van der Waals surface area contributed by atoms with Crippen molar-refractivity contribution in [2.45, 2.75) is 25.3 Å². The number of methoxy groups -OCH3 is 1. The predicted octanol–water partition coefficient (Wildman–Crippen LogP) is -0.257. The molecule has 0 aromatic carbocycles. The second kappa shape index (κ2) is 13.7. The summed E-state index contributed by atoms with van der Waals surface area (Å²) in [5.41, 5.74) is 0. The SMILES string of the molecule is CNCCCCC(NC)C(=O)NCCOCCOC. The first kappa shape index (κ1) is 18.3. The van der Waals surface area contributed by atoms with Crippen molar-refractivity contribution in [1.29, 1.82) is 0 Å². The first-order valence-corrected chi connectivity index (χ1v) is 6.92. The molecule has 0 aliphatic heterocycles. The molecular weight excluding hydrogens is 246 g/mol. The van der Waals surface area contributed by atoms with Crippen molar-refractivity contribution in [2.75, 3.05) is 54.1 Å². The third-order valence-electron chi connectivity index (χ3n) is 2.81. The summed E-state index contributed by atoms with van der Waals surface area (Å²) in [6, 6.07) is -0.115. The number of ether oxygens (including phenoxy) is 2. The van der Waals surface area contributed by atoms with Gasteiger partial charge >= 0.3 is 0 Å². The van der Waals surface area contributed by atoms with Gasteiger partial charge in [0.15, 0.2) is 0 Å². The lowest BCUT2D eigenvalue weighted by atomic mass is 10.1. The first-order chi connectivity index (χ1) is 9.26. The molecule has 19 heavy (non-hydrogen) atoms. The molecule has 0 radical (unpaired) electrons. The number of amides is 1. The molecule has 0 aromatic rings. The van der Waals surface area contributed by atoms with E-state index in [9.17, 15) is 4.79 Å². The summed E-state index contributed by atoms with van der Waals surface area (Å²) in [6.45, 7) is 3.19. The van der Waals surface area contributed by atoms with E-state index in [1.54, 1.807) is 7.11 Å². The number of carbonyl (C=O) groups is 1. The number of hydrogen-bond donors (Lipinski definition) is 3. The van der Waals surface area contributed by atoms with Crippen LogP contribution in [-0.2, 0) is 14.3 Å². The summed E-state index contributed by atoms with van der Waals surface area (Å²) in [5, 5.41) is 9.01. The number of nitrogens with one attached hydrogen (secondary N) is 3. The van der Waals surface area contributed by atoms with E-state index < -0.39 is 0 Å². The minimum atomic E-state index is -0.115. The fourth-order valence-electron chi connectivity index (χ4n) is 1.67. The van der Waals surface area contributed by atoms with Crippen molar-refractivity contribution in [3.8, 4) is 0 Å². The van der Waals surface area contributed by atoms with Crippen LogP contribution in [0.25, 0.3) is 0 Å². The molecule has 0 saturated carbocycles. The highest BCUT2D eigenvalue weighted by Crippen LogP contribution is 2.00. The van der Waals surface area contributed by atoms with Gasteiger partial charge in [0.2, 0.25) is 5.91 Å². The van der Waals surface area contributed by atoms with Crippen LogP contribution in [0.3, 0.4) is 0 Å². The maximum Gasteiger partial charge on any atom is 0.237 e. The van der Waals surface area contributed by atoms with Crippen molar-refractivity contribution in [3.05, 3.63) is 0 Å². The van der Waals surface area contributed by atoms with Gasteiger partial charge in [-0.2, -0.15) is 0 Å². The number of hydrogen-bond acceptors (Lipinski definition) is 5. The molecule has 0 fully saturated rings. The molecule has 0 aromatic heterocycles. The molecule has 1 unspecified atom stereocenters. The Morgan fingerprint density at radius 2 is 1.89 bits per heavy atom. The molecule has 0 rings (SSSR count). The van der Waals surface area contributed by atoms with Crippen LogP contribution in [0.15, 0.2) is 0 Å². The van der Waals surface area contributed by atoms with Gasteiger partial charge in [0.1, 0.15) is 0 Å². The molecule has 1 atom stereocenters. The van der Waals surface area contributed by atoms with Gasteiger partial charge in [0.25, 0.3) is 0 Å². The lowest BCUT2D eigenvalue weighted by Crippen LogP contribution is -2.43. The second-order valence-electron chi connectivity index (χ2n) is 4.34. The van der Waals surface area contributed by atoms with Crippen molar-refractivity contribution in [3.63, 3.8) is 0 Å². The molecule has 0 spiro atoms. The van der Waals surface area contributed by atoms with Crippen LogP contribution >= 0.6 is 0 Å². The molecule has 0 saturated heterocycles. The minimum absolute atomic E-state index is 0.0438. The Balaban J connectivity index is 3.58. The van der Waals surface area contributed by atoms with E-state index in [0.29, 0.717) is 26.4 Å². The summed E-state index contributed by atoms with van der Waals surface area (Å²) in [4.78, 5) is 11.9. The molecule has 6 nitrogen and oxygen atoms in total. The standard InChI is InChI=1S/C13H29N3O3/c1-14-7-5-4-6-12(15-2)13(17)16-8-9-19-11-10-18-3/h12,14-15H,4-11H2,1-3H3,(H,16,17). The van der Waals surface area contributed by atoms with E-state index in [1.165, 1.54) is 0 Å². The summed E-state index contributed by atoms with van der Waals surface area (Å²) in [7, 11) is 5.39. The van der Waals surface area contributed by atoms with E-state index in [2.05, 4.69) is 16.0 Å². The van der Waals surface area contributed by atoms with Crippen LogP contribution in [-0.4, -0.2) is 66.1 Å². The minimum Gasteiger partial charge on any atom is -0.382 e. The van der Waals surface area contributed by atoms with Gasteiger partial charge in [-0.3, -0.25) is 4.79 Å². The van der Waals surface area contributed by atoms with Crippen LogP contribution in [0.2, 0.25) is 0 Å². The summed E-state index contributed by atoms with van der Waals surface area (Å²) >= 11 is 0. The lowest BCUT2D eigenvalue weighted by Gasteiger charge is -2.16. The third-order valence-corrected chi connectivity index (χ3v) is 2.81. The Hall–Kier alpha value is -0.690. The van der Waals surface area contributed by atoms with Crippen LogP contribution in [0.1, 0.15) is 19.3 Å². The molecule has 0 heterocycles. The molecule has 0 aliphatic carbocycles. The van der Waals surface area contributed by atoms with Gasteiger partial charge in [-0.15, -0.1) is 0 Å². The molecule has 1 amide bonds. The Labute approximate surface area is 116 Å². The summed E-state index contributed by atoms with van der Waals surface area (Å²) < 4.78 is 10.1. The molecule has 114 valence electrons. The van der Waals surface area contributed by atoms with Gasteiger partial charge in [-0.25, -0.2) is 0 Å².